The first kappa shape index (κ1) is 14.3. The molecule has 20 heavy (non-hydrogen) atoms. The molecule has 1 saturated carbocycles. The van der Waals surface area contributed by atoms with Crippen LogP contribution in [-0.4, -0.2) is 25.1 Å². The van der Waals surface area contributed by atoms with Gasteiger partial charge in [0.15, 0.2) is 5.78 Å². The molecule has 2 fully saturated rings. The number of carbonyl (C=O) groups excluding carboxylic acids is 1. The normalized spacial score (nSPS) is 23.1. The summed E-state index contributed by atoms with van der Waals surface area (Å²) < 4.78 is 0. The van der Waals surface area contributed by atoms with Crippen molar-refractivity contribution in [3.05, 3.63) is 4.88 Å². The van der Waals surface area contributed by atoms with Gasteiger partial charge in [-0.2, -0.15) is 0 Å². The third-order valence-electron chi connectivity index (χ3n) is 4.20. The molecular formula is C15H22N2OS2. The van der Waals surface area contributed by atoms with Crippen molar-refractivity contribution in [2.45, 2.75) is 37.5 Å². The molecule has 1 atom stereocenters. The van der Waals surface area contributed by atoms with Crippen molar-refractivity contribution in [3.63, 3.8) is 0 Å². The van der Waals surface area contributed by atoms with Gasteiger partial charge >= 0.3 is 0 Å². The summed E-state index contributed by atoms with van der Waals surface area (Å²) in [5.74, 6) is 1.25. The summed E-state index contributed by atoms with van der Waals surface area (Å²) in [5, 5.41) is 1.23. The molecular weight excluding hydrogens is 288 g/mol. The Balaban J connectivity index is 1.93. The van der Waals surface area contributed by atoms with Crippen LogP contribution in [0.1, 0.15) is 42.3 Å². The average molecular weight is 310 g/mol. The van der Waals surface area contributed by atoms with Crippen molar-refractivity contribution >= 4 is 39.6 Å². The Hall–Kier alpha value is -0.680. The van der Waals surface area contributed by atoms with E-state index >= 15 is 0 Å². The van der Waals surface area contributed by atoms with Crippen LogP contribution in [0.3, 0.4) is 0 Å². The number of carbonyl (C=O) groups is 1. The van der Waals surface area contributed by atoms with Crippen LogP contribution in [0.2, 0.25) is 0 Å². The fraction of sp³-hybridized carbons (Fsp3) is 0.667. The van der Waals surface area contributed by atoms with Gasteiger partial charge in [0, 0.05) is 19.0 Å². The lowest BCUT2D eigenvalue weighted by Crippen LogP contribution is -2.33. The van der Waals surface area contributed by atoms with Gasteiger partial charge < -0.3 is 10.6 Å². The Morgan fingerprint density at radius 3 is 2.75 bits per heavy atom. The van der Waals surface area contributed by atoms with E-state index in [1.54, 1.807) is 23.1 Å². The van der Waals surface area contributed by atoms with Gasteiger partial charge in [-0.3, -0.25) is 4.79 Å². The Kier molecular flexibility index (Phi) is 4.00. The summed E-state index contributed by atoms with van der Waals surface area (Å²) in [6, 6.07) is 0. The van der Waals surface area contributed by atoms with Crippen molar-refractivity contribution in [2.24, 2.45) is 11.8 Å². The summed E-state index contributed by atoms with van der Waals surface area (Å²) in [7, 11) is 0. The number of hydrogen-bond acceptors (Lipinski definition) is 5. The summed E-state index contributed by atoms with van der Waals surface area (Å²) >= 11 is 3.31. The molecule has 2 N–H and O–H groups in total. The van der Waals surface area contributed by atoms with Crippen LogP contribution in [-0.2, 0) is 0 Å². The number of nitrogens with zero attached hydrogens (tertiary/aromatic N) is 1. The second-order valence-corrected chi connectivity index (χ2v) is 7.83. The number of thioether (sulfide) groups is 1. The Bertz CT molecular complexity index is 522. The molecule has 1 unspecified atom stereocenters. The van der Waals surface area contributed by atoms with Gasteiger partial charge in [0.2, 0.25) is 0 Å². The largest absolute Gasteiger partial charge is 0.396 e. The molecule has 1 aromatic heterocycles. The zero-order valence-corrected chi connectivity index (χ0v) is 13.8. The molecule has 2 aliphatic rings. The number of rotatable bonds is 4. The lowest BCUT2D eigenvalue weighted by molar-refractivity contribution is 0.0972. The van der Waals surface area contributed by atoms with Crippen LogP contribution in [0.25, 0.3) is 0 Å². The Labute approximate surface area is 128 Å². The second kappa shape index (κ2) is 5.60. The van der Waals surface area contributed by atoms with Gasteiger partial charge in [0.05, 0.1) is 15.5 Å². The van der Waals surface area contributed by atoms with E-state index in [9.17, 15) is 4.79 Å². The molecule has 0 radical (unpaired) electrons. The Morgan fingerprint density at radius 1 is 1.40 bits per heavy atom. The lowest BCUT2D eigenvalue weighted by Gasteiger charge is -2.32. The maximum Gasteiger partial charge on any atom is 0.178 e. The molecule has 1 aliphatic heterocycles. The van der Waals surface area contributed by atoms with Gasteiger partial charge in [-0.1, -0.05) is 6.92 Å². The number of thiophene rings is 1. The number of nitrogen functional groups attached to an aromatic ring is 1. The third-order valence-corrected chi connectivity index (χ3v) is 6.43. The SMILES string of the molecule is CSc1c(N2CCCC(C)C2)sc(C(=O)C2CC2)c1N. The highest BCUT2D eigenvalue weighted by molar-refractivity contribution is 7.99. The van der Waals surface area contributed by atoms with Crippen molar-refractivity contribution in [3.8, 4) is 0 Å². The van der Waals surface area contributed by atoms with Crippen molar-refractivity contribution in [2.75, 3.05) is 30.0 Å². The van der Waals surface area contributed by atoms with E-state index in [0.717, 1.165) is 47.3 Å². The van der Waals surface area contributed by atoms with Gasteiger partial charge in [0.25, 0.3) is 0 Å². The standard InChI is InChI=1S/C15H22N2OS2/c1-9-4-3-7-17(8-9)15-14(19-2)11(16)13(20-15)12(18)10-5-6-10/h9-10H,3-8,16H2,1-2H3. The molecule has 0 amide bonds. The van der Waals surface area contributed by atoms with Crippen LogP contribution in [0.15, 0.2) is 4.90 Å². The van der Waals surface area contributed by atoms with E-state index in [1.807, 2.05) is 0 Å². The van der Waals surface area contributed by atoms with E-state index in [1.165, 1.54) is 17.8 Å². The monoisotopic (exact) mass is 310 g/mol. The summed E-state index contributed by atoms with van der Waals surface area (Å²) in [6.07, 6.45) is 6.68. The van der Waals surface area contributed by atoms with Gasteiger partial charge in [0.1, 0.15) is 5.00 Å². The Morgan fingerprint density at radius 2 is 2.15 bits per heavy atom. The predicted octanol–water partition coefficient (Wildman–Crippen LogP) is 3.88. The summed E-state index contributed by atoms with van der Waals surface area (Å²) in [4.78, 5) is 16.7. The highest BCUT2D eigenvalue weighted by atomic mass is 32.2. The number of anilines is 2. The maximum atomic E-state index is 12.4. The van der Waals surface area contributed by atoms with Crippen LogP contribution in [0, 0.1) is 11.8 Å². The zero-order chi connectivity index (χ0) is 14.3. The van der Waals surface area contributed by atoms with E-state index < -0.39 is 0 Å². The number of ketones is 1. The van der Waals surface area contributed by atoms with Crippen LogP contribution in [0.4, 0.5) is 10.7 Å². The van der Waals surface area contributed by atoms with Crippen molar-refractivity contribution in [1.29, 1.82) is 0 Å². The minimum absolute atomic E-state index is 0.249. The lowest BCUT2D eigenvalue weighted by atomic mass is 10.0. The molecule has 2 heterocycles. The molecule has 3 nitrogen and oxygen atoms in total. The summed E-state index contributed by atoms with van der Waals surface area (Å²) in [5.41, 5.74) is 6.99. The highest BCUT2D eigenvalue weighted by Gasteiger charge is 2.35. The van der Waals surface area contributed by atoms with Crippen molar-refractivity contribution < 1.29 is 4.79 Å². The van der Waals surface area contributed by atoms with E-state index in [0.29, 0.717) is 0 Å². The molecule has 1 aliphatic carbocycles. The fourth-order valence-corrected chi connectivity index (χ4v) is 5.15. The van der Waals surface area contributed by atoms with Crippen LogP contribution < -0.4 is 10.6 Å². The van der Waals surface area contributed by atoms with Gasteiger partial charge in [-0.15, -0.1) is 23.1 Å². The molecule has 0 aromatic carbocycles. The van der Waals surface area contributed by atoms with Gasteiger partial charge in [-0.05, 0) is 37.9 Å². The highest BCUT2D eigenvalue weighted by Crippen LogP contribution is 2.47. The van der Waals surface area contributed by atoms with Gasteiger partial charge in [-0.25, -0.2) is 0 Å². The number of piperidine rings is 1. The van der Waals surface area contributed by atoms with Crippen molar-refractivity contribution in [1.82, 2.24) is 0 Å². The molecule has 5 heteroatoms. The maximum absolute atomic E-state index is 12.4. The quantitative estimate of drug-likeness (QED) is 0.677. The summed E-state index contributed by atoms with van der Waals surface area (Å²) in [6.45, 7) is 4.48. The van der Waals surface area contributed by atoms with E-state index in [4.69, 9.17) is 5.73 Å². The fourth-order valence-electron chi connectivity index (χ4n) is 2.91. The van der Waals surface area contributed by atoms with E-state index in [-0.39, 0.29) is 11.7 Å². The van der Waals surface area contributed by atoms with Crippen LogP contribution in [0.5, 0.6) is 0 Å². The minimum Gasteiger partial charge on any atom is -0.396 e. The minimum atomic E-state index is 0.249. The molecule has 0 spiro atoms. The molecule has 0 bridgehead atoms. The topological polar surface area (TPSA) is 46.3 Å². The zero-order valence-electron chi connectivity index (χ0n) is 12.1. The average Bonchev–Trinajstić information content (AvgIpc) is 3.22. The third kappa shape index (κ3) is 2.58. The smallest absolute Gasteiger partial charge is 0.178 e. The predicted molar refractivity (Wildman–Crippen MR) is 88.2 cm³/mol. The number of Topliss-reactive ketones (excluding diaryl/α,β-unsaturated/α-hetero) is 1. The van der Waals surface area contributed by atoms with E-state index in [2.05, 4.69) is 18.1 Å². The first-order chi connectivity index (χ1) is 9.61. The second-order valence-electron chi connectivity index (χ2n) is 6.02. The first-order valence-corrected chi connectivity index (χ1v) is 9.41. The van der Waals surface area contributed by atoms with Crippen LogP contribution >= 0.6 is 23.1 Å². The molecule has 1 saturated heterocycles. The first-order valence-electron chi connectivity index (χ1n) is 7.37. The number of nitrogens with two attached hydrogens (primary N) is 1. The molecule has 110 valence electrons. The molecule has 3 rings (SSSR count). The number of hydrogen-bond donors (Lipinski definition) is 1. The molecule has 1 aromatic rings.